The van der Waals surface area contributed by atoms with E-state index in [1.54, 1.807) is 0 Å². The first-order chi connectivity index (χ1) is 8.65. The van der Waals surface area contributed by atoms with Crippen LogP contribution in [-0.4, -0.2) is 32.8 Å². The molecule has 0 aliphatic carbocycles. The van der Waals surface area contributed by atoms with Crippen LogP contribution in [0, 0.1) is 12.8 Å². The van der Waals surface area contributed by atoms with Crippen LogP contribution < -0.4 is 4.90 Å². The second-order valence-corrected chi connectivity index (χ2v) is 5.29. The summed E-state index contributed by atoms with van der Waals surface area (Å²) in [5.41, 5.74) is 0.927. The third-order valence-corrected chi connectivity index (χ3v) is 3.64. The Morgan fingerprint density at radius 2 is 2.17 bits per heavy atom. The zero-order valence-electron chi connectivity index (χ0n) is 11.2. The van der Waals surface area contributed by atoms with E-state index >= 15 is 0 Å². The highest BCUT2D eigenvalue weighted by Crippen LogP contribution is 2.27. The van der Waals surface area contributed by atoms with Crippen LogP contribution in [0.2, 0.25) is 0 Å². The molecule has 0 N–H and O–H groups in total. The molecule has 2 aromatic rings. The molecule has 0 aromatic carbocycles. The predicted octanol–water partition coefficient (Wildman–Crippen LogP) is 1.91. The number of aromatic nitrogens is 4. The molecular weight excluding hydrogens is 226 g/mol. The van der Waals surface area contributed by atoms with Gasteiger partial charge in [-0.05, 0) is 25.7 Å². The fourth-order valence-corrected chi connectivity index (χ4v) is 2.74. The molecule has 0 radical (unpaired) electrons. The fourth-order valence-electron chi connectivity index (χ4n) is 2.74. The van der Waals surface area contributed by atoms with E-state index in [0.717, 1.165) is 41.7 Å². The van der Waals surface area contributed by atoms with Crippen molar-refractivity contribution in [3.63, 3.8) is 0 Å². The van der Waals surface area contributed by atoms with Crippen LogP contribution in [0.3, 0.4) is 0 Å². The Bertz CT molecular complexity index is 574. The standard InChI is InChI=1S/C13H19N5/c1-9-5-4-6-18(8-9)13-11-7-14-17(3)12(11)15-10(2)16-13/h7,9H,4-6,8H2,1-3H3. The molecule has 1 fully saturated rings. The van der Waals surface area contributed by atoms with E-state index in [-0.39, 0.29) is 0 Å². The first-order valence-corrected chi connectivity index (χ1v) is 6.56. The van der Waals surface area contributed by atoms with Crippen LogP contribution in [-0.2, 0) is 7.05 Å². The predicted molar refractivity (Wildman–Crippen MR) is 71.7 cm³/mol. The van der Waals surface area contributed by atoms with Gasteiger partial charge in [0, 0.05) is 20.1 Å². The smallest absolute Gasteiger partial charge is 0.163 e. The van der Waals surface area contributed by atoms with Crippen molar-refractivity contribution >= 4 is 16.9 Å². The Balaban J connectivity index is 2.10. The Morgan fingerprint density at radius 3 is 2.94 bits per heavy atom. The Hall–Kier alpha value is -1.65. The summed E-state index contributed by atoms with van der Waals surface area (Å²) in [6.45, 7) is 6.43. The lowest BCUT2D eigenvalue weighted by Gasteiger charge is -2.32. The van der Waals surface area contributed by atoms with E-state index in [0.29, 0.717) is 0 Å². The molecule has 1 saturated heterocycles. The van der Waals surface area contributed by atoms with Gasteiger partial charge in [0.15, 0.2) is 5.65 Å². The maximum atomic E-state index is 4.63. The average molecular weight is 245 g/mol. The third kappa shape index (κ3) is 1.83. The van der Waals surface area contributed by atoms with Crippen LogP contribution in [0.1, 0.15) is 25.6 Å². The van der Waals surface area contributed by atoms with E-state index < -0.39 is 0 Å². The fraction of sp³-hybridized carbons (Fsp3) is 0.615. The summed E-state index contributed by atoms with van der Waals surface area (Å²) < 4.78 is 1.82. The van der Waals surface area contributed by atoms with Crippen molar-refractivity contribution in [1.82, 2.24) is 19.7 Å². The zero-order valence-corrected chi connectivity index (χ0v) is 11.2. The van der Waals surface area contributed by atoms with Gasteiger partial charge in [0.1, 0.15) is 11.6 Å². The molecule has 0 amide bonds. The summed E-state index contributed by atoms with van der Waals surface area (Å²) in [5, 5.41) is 5.37. The van der Waals surface area contributed by atoms with Gasteiger partial charge in [0.05, 0.1) is 11.6 Å². The maximum absolute atomic E-state index is 4.63. The number of hydrogen-bond donors (Lipinski definition) is 0. The lowest BCUT2D eigenvalue weighted by atomic mass is 10.0. The second-order valence-electron chi connectivity index (χ2n) is 5.29. The molecule has 3 rings (SSSR count). The minimum absolute atomic E-state index is 0.737. The number of piperidine rings is 1. The van der Waals surface area contributed by atoms with Crippen molar-refractivity contribution in [2.75, 3.05) is 18.0 Å². The Morgan fingerprint density at radius 1 is 1.33 bits per heavy atom. The molecule has 3 heterocycles. The quantitative estimate of drug-likeness (QED) is 0.770. The van der Waals surface area contributed by atoms with Gasteiger partial charge >= 0.3 is 0 Å². The molecule has 1 atom stereocenters. The zero-order chi connectivity index (χ0) is 12.7. The monoisotopic (exact) mass is 245 g/mol. The second kappa shape index (κ2) is 4.23. The van der Waals surface area contributed by atoms with Crippen LogP contribution in [0.15, 0.2) is 6.20 Å². The largest absolute Gasteiger partial charge is 0.356 e. The summed E-state index contributed by atoms with van der Waals surface area (Å²) in [4.78, 5) is 11.5. The molecule has 0 spiro atoms. The summed E-state index contributed by atoms with van der Waals surface area (Å²) in [5.74, 6) is 2.61. The van der Waals surface area contributed by atoms with Gasteiger partial charge in [-0.25, -0.2) is 9.97 Å². The van der Waals surface area contributed by atoms with E-state index in [1.165, 1.54) is 12.8 Å². The van der Waals surface area contributed by atoms with Crippen molar-refractivity contribution in [1.29, 1.82) is 0 Å². The molecule has 1 aliphatic heterocycles. The minimum atomic E-state index is 0.737. The lowest BCUT2D eigenvalue weighted by molar-refractivity contribution is 0.445. The summed E-state index contributed by atoms with van der Waals surface area (Å²) in [7, 11) is 1.93. The van der Waals surface area contributed by atoms with Crippen molar-refractivity contribution in [3.8, 4) is 0 Å². The van der Waals surface area contributed by atoms with Gasteiger partial charge < -0.3 is 4.90 Å². The van der Waals surface area contributed by atoms with E-state index in [9.17, 15) is 0 Å². The van der Waals surface area contributed by atoms with Gasteiger partial charge in [-0.1, -0.05) is 6.92 Å². The highest BCUT2D eigenvalue weighted by atomic mass is 15.3. The molecule has 0 bridgehead atoms. The highest BCUT2D eigenvalue weighted by molar-refractivity contribution is 5.87. The molecule has 5 nitrogen and oxygen atoms in total. The molecule has 5 heteroatoms. The van der Waals surface area contributed by atoms with Crippen LogP contribution in [0.25, 0.3) is 11.0 Å². The molecule has 1 aliphatic rings. The van der Waals surface area contributed by atoms with Crippen LogP contribution in [0.5, 0.6) is 0 Å². The van der Waals surface area contributed by atoms with Crippen molar-refractivity contribution in [3.05, 3.63) is 12.0 Å². The lowest BCUT2D eigenvalue weighted by Crippen LogP contribution is -2.35. The van der Waals surface area contributed by atoms with E-state index in [2.05, 4.69) is 26.9 Å². The Kier molecular flexibility index (Phi) is 2.69. The summed E-state index contributed by atoms with van der Waals surface area (Å²) in [6, 6.07) is 0. The van der Waals surface area contributed by atoms with Gasteiger partial charge in [-0.2, -0.15) is 5.10 Å². The van der Waals surface area contributed by atoms with Gasteiger partial charge in [-0.3, -0.25) is 4.68 Å². The SMILES string of the molecule is Cc1nc(N2CCCC(C)C2)c2cnn(C)c2n1. The Labute approximate surface area is 107 Å². The van der Waals surface area contributed by atoms with Gasteiger partial charge in [0.2, 0.25) is 0 Å². The number of fused-ring (bicyclic) bond motifs is 1. The summed E-state index contributed by atoms with van der Waals surface area (Å²) >= 11 is 0. The number of nitrogens with zero attached hydrogens (tertiary/aromatic N) is 5. The van der Waals surface area contributed by atoms with Crippen molar-refractivity contribution in [2.45, 2.75) is 26.7 Å². The normalized spacial score (nSPS) is 20.6. The van der Waals surface area contributed by atoms with Crippen LogP contribution in [0.4, 0.5) is 5.82 Å². The minimum Gasteiger partial charge on any atom is -0.356 e. The van der Waals surface area contributed by atoms with Crippen LogP contribution >= 0.6 is 0 Å². The molecule has 1 unspecified atom stereocenters. The molecule has 2 aromatic heterocycles. The highest BCUT2D eigenvalue weighted by Gasteiger charge is 2.21. The number of anilines is 1. The van der Waals surface area contributed by atoms with Crippen molar-refractivity contribution < 1.29 is 0 Å². The van der Waals surface area contributed by atoms with E-state index in [4.69, 9.17) is 0 Å². The maximum Gasteiger partial charge on any atom is 0.163 e. The first kappa shape index (κ1) is 11.4. The van der Waals surface area contributed by atoms with Gasteiger partial charge in [0.25, 0.3) is 0 Å². The molecular formula is C13H19N5. The molecule has 0 saturated carbocycles. The van der Waals surface area contributed by atoms with Crippen molar-refractivity contribution in [2.24, 2.45) is 13.0 Å². The number of aryl methyl sites for hydroxylation is 2. The molecule has 96 valence electrons. The summed E-state index contributed by atoms with van der Waals surface area (Å²) in [6.07, 6.45) is 4.44. The first-order valence-electron chi connectivity index (χ1n) is 6.56. The number of hydrogen-bond acceptors (Lipinski definition) is 4. The van der Waals surface area contributed by atoms with Gasteiger partial charge in [-0.15, -0.1) is 0 Å². The third-order valence-electron chi connectivity index (χ3n) is 3.64. The number of rotatable bonds is 1. The topological polar surface area (TPSA) is 46.8 Å². The van der Waals surface area contributed by atoms with E-state index in [1.807, 2.05) is 24.9 Å². The average Bonchev–Trinajstić information content (AvgIpc) is 2.70. The molecule has 18 heavy (non-hydrogen) atoms.